The summed E-state index contributed by atoms with van der Waals surface area (Å²) in [7, 11) is 0. The summed E-state index contributed by atoms with van der Waals surface area (Å²) in [5.41, 5.74) is 2.01. The van der Waals surface area contributed by atoms with E-state index < -0.39 is 5.97 Å². The average Bonchev–Trinajstić information content (AvgIpc) is 2.97. The number of carbonyl (C=O) groups is 2. The molecule has 0 spiro atoms. The Hall–Kier alpha value is -2.41. The number of rotatable bonds is 7. The first-order valence-corrected chi connectivity index (χ1v) is 7.76. The average molecular weight is 319 g/mol. The second kappa shape index (κ2) is 8.14. The Morgan fingerprint density at radius 1 is 1.14 bits per heavy atom. The van der Waals surface area contributed by atoms with Gasteiger partial charge in [0.1, 0.15) is 5.01 Å². The van der Waals surface area contributed by atoms with E-state index in [1.165, 1.54) is 0 Å². The van der Waals surface area contributed by atoms with Crippen molar-refractivity contribution in [1.82, 2.24) is 15.6 Å². The number of nitrogens with zero attached hydrogens (tertiary/aromatic N) is 1. The second-order valence-corrected chi connectivity index (χ2v) is 5.44. The van der Waals surface area contributed by atoms with E-state index in [0.717, 1.165) is 16.3 Å². The smallest absolute Gasteiger partial charge is 0.314 e. The van der Waals surface area contributed by atoms with Gasteiger partial charge in [-0.05, 0) is 0 Å². The zero-order valence-electron chi connectivity index (χ0n) is 11.9. The van der Waals surface area contributed by atoms with Crippen LogP contribution in [0.4, 0.5) is 4.79 Å². The summed E-state index contributed by atoms with van der Waals surface area (Å²) in [6.45, 7) is 0.576. The number of urea groups is 1. The molecule has 0 bridgehead atoms. The Labute approximate surface area is 132 Å². The van der Waals surface area contributed by atoms with Gasteiger partial charge in [0.25, 0.3) is 0 Å². The van der Waals surface area contributed by atoms with Crippen LogP contribution in [-0.4, -0.2) is 35.2 Å². The van der Waals surface area contributed by atoms with Gasteiger partial charge in [0, 0.05) is 30.5 Å². The normalized spacial score (nSPS) is 10.2. The molecule has 7 heteroatoms. The van der Waals surface area contributed by atoms with Gasteiger partial charge in [-0.2, -0.15) is 0 Å². The van der Waals surface area contributed by atoms with Crippen molar-refractivity contribution in [2.24, 2.45) is 0 Å². The van der Waals surface area contributed by atoms with E-state index >= 15 is 0 Å². The number of amides is 2. The first-order valence-electron chi connectivity index (χ1n) is 6.88. The molecule has 0 fully saturated rings. The minimum atomic E-state index is -0.934. The third-order valence-electron chi connectivity index (χ3n) is 2.86. The van der Waals surface area contributed by atoms with Gasteiger partial charge in [-0.25, -0.2) is 9.78 Å². The zero-order valence-corrected chi connectivity index (χ0v) is 12.7. The minimum absolute atomic E-state index is 0.0834. The largest absolute Gasteiger partial charge is 0.481 e. The highest BCUT2D eigenvalue weighted by atomic mass is 32.1. The Balaban J connectivity index is 1.73. The standard InChI is InChI=1S/C15H17N3O3S/c19-13(20)7-9-17-15(21)16-8-6-12-10-22-14(18-12)11-4-2-1-3-5-11/h1-5,10H,6-9H2,(H,19,20)(H2,16,17,21). The Morgan fingerprint density at radius 2 is 1.86 bits per heavy atom. The van der Waals surface area contributed by atoms with Crippen LogP contribution < -0.4 is 10.6 Å². The predicted octanol–water partition coefficient (Wildman–Crippen LogP) is 2.13. The molecule has 2 aromatic rings. The summed E-state index contributed by atoms with van der Waals surface area (Å²) >= 11 is 1.57. The second-order valence-electron chi connectivity index (χ2n) is 4.59. The van der Waals surface area contributed by atoms with E-state index in [1.807, 2.05) is 35.7 Å². The van der Waals surface area contributed by atoms with Crippen LogP contribution >= 0.6 is 11.3 Å². The van der Waals surface area contributed by atoms with Gasteiger partial charge in [0.15, 0.2) is 0 Å². The Kier molecular flexibility index (Phi) is 5.91. The molecule has 3 N–H and O–H groups in total. The molecule has 22 heavy (non-hydrogen) atoms. The summed E-state index contributed by atoms with van der Waals surface area (Å²) in [5, 5.41) is 16.6. The number of hydrogen-bond acceptors (Lipinski definition) is 4. The fourth-order valence-corrected chi connectivity index (χ4v) is 2.65. The summed E-state index contributed by atoms with van der Waals surface area (Å²) in [6.07, 6.45) is 0.551. The SMILES string of the molecule is O=C(O)CCNC(=O)NCCc1csc(-c2ccccc2)n1. The maximum atomic E-state index is 11.4. The lowest BCUT2D eigenvalue weighted by Gasteiger charge is -2.05. The van der Waals surface area contributed by atoms with Crippen LogP contribution in [0.5, 0.6) is 0 Å². The molecule has 0 saturated heterocycles. The fraction of sp³-hybridized carbons (Fsp3) is 0.267. The summed E-state index contributed by atoms with van der Waals surface area (Å²) in [5.74, 6) is -0.934. The molecule has 1 aromatic carbocycles. The van der Waals surface area contributed by atoms with E-state index in [-0.39, 0.29) is 19.0 Å². The van der Waals surface area contributed by atoms with Crippen LogP contribution in [0.1, 0.15) is 12.1 Å². The number of carboxylic acid groups (broad SMARTS) is 1. The van der Waals surface area contributed by atoms with Crippen LogP contribution in [0, 0.1) is 0 Å². The maximum absolute atomic E-state index is 11.4. The molecule has 0 aliphatic carbocycles. The fourth-order valence-electron chi connectivity index (χ4n) is 1.78. The molecular weight excluding hydrogens is 302 g/mol. The van der Waals surface area contributed by atoms with Gasteiger partial charge < -0.3 is 15.7 Å². The van der Waals surface area contributed by atoms with Gasteiger partial charge in [-0.1, -0.05) is 30.3 Å². The van der Waals surface area contributed by atoms with Crippen molar-refractivity contribution in [2.45, 2.75) is 12.8 Å². The summed E-state index contributed by atoms with van der Waals surface area (Å²) in [4.78, 5) is 26.3. The van der Waals surface area contributed by atoms with Gasteiger partial charge in [0.05, 0.1) is 12.1 Å². The number of hydrogen-bond donors (Lipinski definition) is 3. The van der Waals surface area contributed by atoms with Gasteiger partial charge >= 0.3 is 12.0 Å². The van der Waals surface area contributed by atoms with Crippen molar-refractivity contribution in [1.29, 1.82) is 0 Å². The highest BCUT2D eigenvalue weighted by Gasteiger charge is 2.05. The molecule has 6 nitrogen and oxygen atoms in total. The van der Waals surface area contributed by atoms with Crippen molar-refractivity contribution < 1.29 is 14.7 Å². The molecule has 0 aliphatic heterocycles. The molecule has 0 unspecified atom stereocenters. The van der Waals surface area contributed by atoms with Crippen LogP contribution in [-0.2, 0) is 11.2 Å². The molecule has 0 saturated carbocycles. The van der Waals surface area contributed by atoms with Crippen molar-refractivity contribution >= 4 is 23.3 Å². The van der Waals surface area contributed by atoms with E-state index in [1.54, 1.807) is 11.3 Å². The molecular formula is C15H17N3O3S. The molecule has 0 radical (unpaired) electrons. The lowest BCUT2D eigenvalue weighted by atomic mass is 10.2. The van der Waals surface area contributed by atoms with Crippen molar-refractivity contribution in [3.63, 3.8) is 0 Å². The van der Waals surface area contributed by atoms with Gasteiger partial charge in [-0.15, -0.1) is 11.3 Å². The number of nitrogens with one attached hydrogen (secondary N) is 2. The van der Waals surface area contributed by atoms with E-state index in [9.17, 15) is 9.59 Å². The molecule has 0 aliphatic rings. The molecule has 2 amide bonds. The minimum Gasteiger partial charge on any atom is -0.481 e. The van der Waals surface area contributed by atoms with E-state index in [0.29, 0.717) is 13.0 Å². The quantitative estimate of drug-likeness (QED) is 0.729. The number of carboxylic acids is 1. The van der Waals surface area contributed by atoms with Crippen LogP contribution in [0.3, 0.4) is 0 Å². The van der Waals surface area contributed by atoms with Crippen molar-refractivity contribution in [3.05, 3.63) is 41.4 Å². The lowest BCUT2D eigenvalue weighted by Crippen LogP contribution is -2.37. The third-order valence-corrected chi connectivity index (χ3v) is 3.80. The Morgan fingerprint density at radius 3 is 2.59 bits per heavy atom. The molecule has 0 atom stereocenters. The highest BCUT2D eigenvalue weighted by Crippen LogP contribution is 2.23. The molecule has 2 rings (SSSR count). The van der Waals surface area contributed by atoms with Gasteiger partial charge in [-0.3, -0.25) is 4.79 Å². The highest BCUT2D eigenvalue weighted by molar-refractivity contribution is 7.13. The number of aromatic nitrogens is 1. The van der Waals surface area contributed by atoms with Gasteiger partial charge in [0.2, 0.25) is 0 Å². The number of carbonyl (C=O) groups excluding carboxylic acids is 1. The molecule has 116 valence electrons. The first kappa shape index (κ1) is 16.0. The monoisotopic (exact) mass is 319 g/mol. The summed E-state index contributed by atoms with van der Waals surface area (Å²) < 4.78 is 0. The third kappa shape index (κ3) is 5.17. The number of thiazole rings is 1. The summed E-state index contributed by atoms with van der Waals surface area (Å²) in [6, 6.07) is 9.57. The van der Waals surface area contributed by atoms with E-state index in [2.05, 4.69) is 15.6 Å². The number of aliphatic carboxylic acids is 1. The molecule has 1 aromatic heterocycles. The zero-order chi connectivity index (χ0) is 15.8. The van der Waals surface area contributed by atoms with Crippen LogP contribution in [0.15, 0.2) is 35.7 Å². The predicted molar refractivity (Wildman–Crippen MR) is 84.9 cm³/mol. The lowest BCUT2D eigenvalue weighted by molar-refractivity contribution is -0.136. The van der Waals surface area contributed by atoms with Crippen LogP contribution in [0.2, 0.25) is 0 Å². The van der Waals surface area contributed by atoms with E-state index in [4.69, 9.17) is 5.11 Å². The number of benzene rings is 1. The Bertz CT molecular complexity index is 628. The topological polar surface area (TPSA) is 91.3 Å². The van der Waals surface area contributed by atoms with Crippen molar-refractivity contribution in [2.75, 3.05) is 13.1 Å². The first-order chi connectivity index (χ1) is 10.6. The maximum Gasteiger partial charge on any atom is 0.314 e. The van der Waals surface area contributed by atoms with Crippen LogP contribution in [0.25, 0.3) is 10.6 Å². The van der Waals surface area contributed by atoms with Crippen molar-refractivity contribution in [3.8, 4) is 10.6 Å². The molecule has 1 heterocycles.